The number of allylic oxidation sites excluding steroid dienone is 1. The Kier molecular flexibility index (Phi) is 5.63. The van der Waals surface area contributed by atoms with E-state index in [1.165, 1.54) is 12.1 Å². The maximum absolute atomic E-state index is 13.3. The number of halogens is 2. The largest absolute Gasteiger partial charge is 0.365 e. The second-order valence-corrected chi connectivity index (χ2v) is 9.58. The molecule has 0 bridgehead atoms. The van der Waals surface area contributed by atoms with Crippen molar-refractivity contribution in [3.8, 4) is 0 Å². The molecule has 0 saturated carbocycles. The van der Waals surface area contributed by atoms with Crippen LogP contribution in [0.3, 0.4) is 0 Å². The fraction of sp³-hybridized carbons (Fsp3) is 0.240. The number of hydrogen-bond donors (Lipinski definition) is 1. The Labute approximate surface area is 202 Å². The van der Waals surface area contributed by atoms with Crippen LogP contribution in [0.15, 0.2) is 42.0 Å². The van der Waals surface area contributed by atoms with E-state index in [2.05, 4.69) is 30.1 Å². The SMILES string of the molecule is CC1=CC(C)(C)N(C)c2cc(C)c(/C=C3\C(=O)NC(=O)N(c4cccc(Cl)c4Cl)C3=O)cc21. The van der Waals surface area contributed by atoms with E-state index in [1.807, 2.05) is 33.0 Å². The van der Waals surface area contributed by atoms with Crippen molar-refractivity contribution in [2.45, 2.75) is 33.2 Å². The minimum atomic E-state index is -0.879. The number of fused-ring (bicyclic) bond motifs is 1. The Bertz CT molecular complexity index is 1290. The van der Waals surface area contributed by atoms with Gasteiger partial charge >= 0.3 is 6.03 Å². The van der Waals surface area contributed by atoms with Crippen LogP contribution >= 0.6 is 23.2 Å². The number of nitrogens with zero attached hydrogens (tertiary/aromatic N) is 2. The fourth-order valence-corrected chi connectivity index (χ4v) is 4.55. The van der Waals surface area contributed by atoms with E-state index >= 15 is 0 Å². The predicted molar refractivity (Wildman–Crippen MR) is 133 cm³/mol. The predicted octanol–water partition coefficient (Wildman–Crippen LogP) is 5.60. The molecule has 170 valence electrons. The molecule has 4 rings (SSSR count). The number of nitrogens with one attached hydrogen (secondary N) is 1. The van der Waals surface area contributed by atoms with Gasteiger partial charge in [0.15, 0.2) is 0 Å². The molecule has 1 fully saturated rings. The van der Waals surface area contributed by atoms with Crippen molar-refractivity contribution >= 4 is 64.1 Å². The molecule has 0 unspecified atom stereocenters. The maximum Gasteiger partial charge on any atom is 0.336 e. The van der Waals surface area contributed by atoms with Gasteiger partial charge in [-0.2, -0.15) is 0 Å². The smallest absolute Gasteiger partial charge is 0.336 e. The van der Waals surface area contributed by atoms with E-state index in [0.29, 0.717) is 5.56 Å². The normalized spacial score (nSPS) is 18.9. The first-order chi connectivity index (χ1) is 15.4. The Hall–Kier alpha value is -3.09. The Balaban J connectivity index is 1.81. The van der Waals surface area contributed by atoms with Crippen molar-refractivity contribution < 1.29 is 14.4 Å². The highest BCUT2D eigenvalue weighted by atomic mass is 35.5. The fourth-order valence-electron chi connectivity index (χ4n) is 4.17. The zero-order valence-corrected chi connectivity index (χ0v) is 20.4. The van der Waals surface area contributed by atoms with E-state index in [-0.39, 0.29) is 26.8 Å². The summed E-state index contributed by atoms with van der Waals surface area (Å²) in [5.74, 6) is -1.53. The lowest BCUT2D eigenvalue weighted by Crippen LogP contribution is -2.54. The Morgan fingerprint density at radius 3 is 2.42 bits per heavy atom. The lowest BCUT2D eigenvalue weighted by atomic mass is 9.87. The summed E-state index contributed by atoms with van der Waals surface area (Å²) in [5, 5.41) is 2.46. The van der Waals surface area contributed by atoms with Crippen molar-refractivity contribution in [1.29, 1.82) is 0 Å². The molecule has 2 heterocycles. The zero-order valence-electron chi connectivity index (χ0n) is 18.9. The quantitative estimate of drug-likeness (QED) is 0.445. The number of amides is 4. The van der Waals surface area contributed by atoms with Gasteiger partial charge in [0.05, 0.1) is 21.3 Å². The molecule has 2 aromatic carbocycles. The summed E-state index contributed by atoms with van der Waals surface area (Å²) >= 11 is 12.3. The minimum Gasteiger partial charge on any atom is -0.365 e. The number of barbiturate groups is 1. The number of anilines is 2. The first-order valence-corrected chi connectivity index (χ1v) is 11.1. The van der Waals surface area contributed by atoms with Gasteiger partial charge in [-0.1, -0.05) is 35.3 Å². The van der Waals surface area contributed by atoms with Gasteiger partial charge in [0.25, 0.3) is 11.8 Å². The molecule has 1 N–H and O–H groups in total. The first-order valence-electron chi connectivity index (χ1n) is 10.4. The minimum absolute atomic E-state index is 0.0488. The molecule has 8 heteroatoms. The molecule has 33 heavy (non-hydrogen) atoms. The van der Waals surface area contributed by atoms with Gasteiger partial charge in [0.2, 0.25) is 0 Å². The number of aryl methyl sites for hydroxylation is 1. The number of urea groups is 1. The lowest BCUT2D eigenvalue weighted by Gasteiger charge is -2.41. The third-order valence-electron chi connectivity index (χ3n) is 6.18. The highest BCUT2D eigenvalue weighted by Crippen LogP contribution is 2.40. The average Bonchev–Trinajstić information content (AvgIpc) is 2.72. The summed E-state index contributed by atoms with van der Waals surface area (Å²) in [6.07, 6.45) is 3.69. The Morgan fingerprint density at radius 2 is 1.73 bits per heavy atom. The number of carbonyl (C=O) groups is 3. The van der Waals surface area contributed by atoms with Gasteiger partial charge in [-0.15, -0.1) is 0 Å². The molecule has 0 atom stereocenters. The summed E-state index contributed by atoms with van der Waals surface area (Å²) in [6, 6.07) is 7.74. The van der Waals surface area contributed by atoms with Gasteiger partial charge in [0.1, 0.15) is 5.57 Å². The second-order valence-electron chi connectivity index (χ2n) is 8.80. The van der Waals surface area contributed by atoms with E-state index in [4.69, 9.17) is 23.2 Å². The number of imide groups is 2. The van der Waals surface area contributed by atoms with Crippen LogP contribution < -0.4 is 15.1 Å². The molecule has 0 aliphatic carbocycles. The molecule has 2 aromatic rings. The second kappa shape index (κ2) is 8.04. The van der Waals surface area contributed by atoms with Crippen molar-refractivity contribution in [2.75, 3.05) is 16.8 Å². The topological polar surface area (TPSA) is 69.7 Å². The average molecular weight is 484 g/mol. The van der Waals surface area contributed by atoms with Gasteiger partial charge in [0, 0.05) is 18.3 Å². The van der Waals surface area contributed by atoms with E-state index in [0.717, 1.165) is 27.3 Å². The van der Waals surface area contributed by atoms with E-state index in [1.54, 1.807) is 12.1 Å². The standard InChI is InChI=1S/C25H23Cl2N3O3/c1-13-9-20-16(14(2)12-25(3,4)29(20)5)10-15(13)11-17-22(31)28-24(33)30(23(17)32)19-8-6-7-18(26)21(19)27/h6-12H,1-5H3,(H,28,31,33)/b17-11+. The zero-order chi connectivity index (χ0) is 24.2. The summed E-state index contributed by atoms with van der Waals surface area (Å²) in [4.78, 5) is 41.4. The van der Waals surface area contributed by atoms with Crippen LogP contribution in [0.25, 0.3) is 11.6 Å². The monoisotopic (exact) mass is 483 g/mol. The van der Waals surface area contributed by atoms with E-state index < -0.39 is 17.8 Å². The summed E-state index contributed by atoms with van der Waals surface area (Å²) in [5.41, 5.74) is 4.59. The van der Waals surface area contributed by atoms with Crippen LogP contribution in [0.5, 0.6) is 0 Å². The number of rotatable bonds is 2. The van der Waals surface area contributed by atoms with Crippen LogP contribution in [0.2, 0.25) is 10.0 Å². The van der Waals surface area contributed by atoms with Crippen molar-refractivity contribution in [3.63, 3.8) is 0 Å². The number of benzene rings is 2. The molecule has 0 spiro atoms. The van der Waals surface area contributed by atoms with Gasteiger partial charge < -0.3 is 4.90 Å². The maximum atomic E-state index is 13.3. The highest BCUT2D eigenvalue weighted by molar-refractivity contribution is 6.46. The molecule has 2 aliphatic rings. The Morgan fingerprint density at radius 1 is 1.03 bits per heavy atom. The van der Waals surface area contributed by atoms with E-state index in [9.17, 15) is 14.4 Å². The summed E-state index contributed by atoms with van der Waals surface area (Å²) in [7, 11) is 2.04. The molecule has 4 amide bonds. The first kappa shape index (κ1) is 23.1. The molecule has 0 aromatic heterocycles. The third kappa shape index (κ3) is 3.83. The molecule has 6 nitrogen and oxygen atoms in total. The van der Waals surface area contributed by atoms with Crippen molar-refractivity contribution in [1.82, 2.24) is 5.32 Å². The van der Waals surface area contributed by atoms with Crippen molar-refractivity contribution in [2.24, 2.45) is 0 Å². The van der Waals surface area contributed by atoms with Gasteiger partial charge in [-0.25, -0.2) is 9.69 Å². The van der Waals surface area contributed by atoms with Crippen LogP contribution in [-0.4, -0.2) is 30.4 Å². The van der Waals surface area contributed by atoms with Crippen LogP contribution in [-0.2, 0) is 9.59 Å². The number of hydrogen-bond acceptors (Lipinski definition) is 4. The number of likely N-dealkylation sites (N-methyl/N-ethyl adjacent to an activating group) is 1. The lowest BCUT2D eigenvalue weighted by molar-refractivity contribution is -0.122. The summed E-state index contributed by atoms with van der Waals surface area (Å²) < 4.78 is 0. The summed E-state index contributed by atoms with van der Waals surface area (Å²) in [6.45, 7) is 8.24. The van der Waals surface area contributed by atoms with Crippen LogP contribution in [0.1, 0.15) is 37.5 Å². The molecule has 1 saturated heterocycles. The number of carbonyl (C=O) groups excluding carboxylic acids is 3. The molecular formula is C25H23Cl2N3O3. The third-order valence-corrected chi connectivity index (χ3v) is 6.99. The molecule has 0 radical (unpaired) electrons. The van der Waals surface area contributed by atoms with Crippen LogP contribution in [0.4, 0.5) is 16.2 Å². The van der Waals surface area contributed by atoms with Gasteiger partial charge in [-0.3, -0.25) is 14.9 Å². The molecular weight excluding hydrogens is 461 g/mol. The highest BCUT2D eigenvalue weighted by Gasteiger charge is 2.38. The molecule has 2 aliphatic heterocycles. The van der Waals surface area contributed by atoms with Gasteiger partial charge in [-0.05, 0) is 74.7 Å². The van der Waals surface area contributed by atoms with Crippen LogP contribution in [0, 0.1) is 6.92 Å². The van der Waals surface area contributed by atoms with Crippen molar-refractivity contribution in [3.05, 3.63) is 68.7 Å².